The number of allylic oxidation sites excluding steroid dienone is 2. The molecule has 12 heavy (non-hydrogen) atoms. The molecule has 62 valence electrons. The van der Waals surface area contributed by atoms with Crippen molar-refractivity contribution in [1.29, 1.82) is 0 Å². The van der Waals surface area contributed by atoms with E-state index in [1.165, 1.54) is 0 Å². The summed E-state index contributed by atoms with van der Waals surface area (Å²) in [6.45, 7) is 0. The number of carbonyl (C=O) groups excluding carboxylic acids is 2. The first-order chi connectivity index (χ1) is 5.64. The van der Waals surface area contributed by atoms with Gasteiger partial charge in [-0.25, -0.2) is 0 Å². The fourth-order valence-corrected chi connectivity index (χ4v) is 1.45. The second kappa shape index (κ2) is 2.04. The molecule has 1 fully saturated rings. The van der Waals surface area contributed by atoms with E-state index in [1.54, 1.807) is 18.2 Å². The van der Waals surface area contributed by atoms with Gasteiger partial charge in [-0.1, -0.05) is 18.2 Å². The van der Waals surface area contributed by atoms with Gasteiger partial charge in [0.2, 0.25) is 0 Å². The summed E-state index contributed by atoms with van der Waals surface area (Å²) in [5, 5.41) is 2.19. The first kappa shape index (κ1) is 7.24. The van der Waals surface area contributed by atoms with E-state index in [9.17, 15) is 9.59 Å². The van der Waals surface area contributed by atoms with E-state index < -0.39 is 11.4 Å². The SMILES string of the molecule is NC12CC=CC=C1C(=O)NC2=O. The van der Waals surface area contributed by atoms with E-state index >= 15 is 0 Å². The lowest BCUT2D eigenvalue weighted by molar-refractivity contribution is -0.126. The molecule has 0 aromatic carbocycles. The molecular weight excluding hydrogens is 156 g/mol. The summed E-state index contributed by atoms with van der Waals surface area (Å²) in [7, 11) is 0. The predicted octanol–water partition coefficient (Wildman–Crippen LogP) is -0.773. The number of carbonyl (C=O) groups is 2. The molecule has 0 aromatic heterocycles. The average molecular weight is 164 g/mol. The van der Waals surface area contributed by atoms with Gasteiger partial charge in [-0.2, -0.15) is 0 Å². The predicted molar refractivity (Wildman–Crippen MR) is 41.9 cm³/mol. The Morgan fingerprint density at radius 3 is 2.92 bits per heavy atom. The van der Waals surface area contributed by atoms with E-state index in [4.69, 9.17) is 5.73 Å². The molecular formula is C8H8N2O2. The molecule has 0 bridgehead atoms. The maximum absolute atomic E-state index is 11.2. The van der Waals surface area contributed by atoms with E-state index in [1.807, 2.05) is 0 Å². The van der Waals surface area contributed by atoms with Crippen LogP contribution in [0.15, 0.2) is 23.8 Å². The molecule has 1 aliphatic heterocycles. The van der Waals surface area contributed by atoms with Crippen LogP contribution >= 0.6 is 0 Å². The fourth-order valence-electron chi connectivity index (χ4n) is 1.45. The lowest BCUT2D eigenvalue weighted by Gasteiger charge is -2.21. The molecule has 2 rings (SSSR count). The van der Waals surface area contributed by atoms with Crippen molar-refractivity contribution in [3.63, 3.8) is 0 Å². The Morgan fingerprint density at radius 2 is 2.25 bits per heavy atom. The highest BCUT2D eigenvalue weighted by atomic mass is 16.2. The zero-order chi connectivity index (χ0) is 8.77. The summed E-state index contributed by atoms with van der Waals surface area (Å²) in [5.74, 6) is -0.769. The van der Waals surface area contributed by atoms with Crippen LogP contribution in [0, 0.1) is 0 Å². The Morgan fingerprint density at radius 1 is 1.50 bits per heavy atom. The number of hydrogen-bond donors (Lipinski definition) is 2. The number of nitrogens with two attached hydrogens (primary N) is 1. The summed E-state index contributed by atoms with van der Waals surface area (Å²) < 4.78 is 0. The van der Waals surface area contributed by atoms with Crippen LogP contribution in [-0.4, -0.2) is 17.4 Å². The van der Waals surface area contributed by atoms with Gasteiger partial charge < -0.3 is 5.73 Å². The van der Waals surface area contributed by atoms with Crippen LogP contribution in [0.2, 0.25) is 0 Å². The third-order valence-electron chi connectivity index (χ3n) is 2.20. The summed E-state index contributed by atoms with van der Waals surface area (Å²) in [6.07, 6.45) is 5.50. The largest absolute Gasteiger partial charge is 0.313 e. The first-order valence-electron chi connectivity index (χ1n) is 3.66. The normalized spacial score (nSPS) is 32.9. The van der Waals surface area contributed by atoms with Gasteiger partial charge >= 0.3 is 0 Å². The Balaban J connectivity index is 2.54. The van der Waals surface area contributed by atoms with Gasteiger partial charge in [0.05, 0.1) is 0 Å². The third kappa shape index (κ3) is 0.698. The smallest absolute Gasteiger partial charge is 0.256 e. The Hall–Kier alpha value is -1.42. The second-order valence-corrected chi connectivity index (χ2v) is 2.97. The quantitative estimate of drug-likeness (QED) is 0.461. The lowest BCUT2D eigenvalue weighted by atomic mass is 9.86. The maximum Gasteiger partial charge on any atom is 0.256 e. The van der Waals surface area contributed by atoms with Gasteiger partial charge in [-0.3, -0.25) is 14.9 Å². The average Bonchev–Trinajstić information content (AvgIpc) is 2.25. The Labute approximate surface area is 69.1 Å². The van der Waals surface area contributed by atoms with Gasteiger partial charge in [-0.05, 0) is 6.42 Å². The maximum atomic E-state index is 11.2. The Bertz CT molecular complexity index is 330. The number of amides is 2. The summed E-state index contributed by atoms with van der Waals surface area (Å²) in [5.41, 5.74) is 5.01. The molecule has 1 atom stereocenters. The molecule has 3 N–H and O–H groups in total. The monoisotopic (exact) mass is 164 g/mol. The minimum absolute atomic E-state index is 0.369. The summed E-state index contributed by atoms with van der Waals surface area (Å²) in [4.78, 5) is 22.3. The van der Waals surface area contributed by atoms with Crippen LogP contribution in [0.3, 0.4) is 0 Å². The van der Waals surface area contributed by atoms with Crippen molar-refractivity contribution in [2.24, 2.45) is 5.73 Å². The van der Waals surface area contributed by atoms with Crippen molar-refractivity contribution in [2.45, 2.75) is 12.0 Å². The van der Waals surface area contributed by atoms with Crippen molar-refractivity contribution in [3.05, 3.63) is 23.8 Å². The van der Waals surface area contributed by atoms with Crippen LogP contribution in [0.5, 0.6) is 0 Å². The summed E-state index contributed by atoms with van der Waals surface area (Å²) >= 11 is 0. The van der Waals surface area contributed by atoms with E-state index in [-0.39, 0.29) is 5.91 Å². The van der Waals surface area contributed by atoms with Crippen LogP contribution in [-0.2, 0) is 9.59 Å². The molecule has 0 radical (unpaired) electrons. The minimum atomic E-state index is -1.11. The number of fused-ring (bicyclic) bond motifs is 1. The van der Waals surface area contributed by atoms with Gasteiger partial charge in [0.25, 0.3) is 11.8 Å². The van der Waals surface area contributed by atoms with Gasteiger partial charge in [0.1, 0.15) is 5.54 Å². The van der Waals surface area contributed by atoms with E-state index in [0.29, 0.717) is 12.0 Å². The van der Waals surface area contributed by atoms with Crippen molar-refractivity contribution in [1.82, 2.24) is 5.32 Å². The van der Waals surface area contributed by atoms with E-state index in [0.717, 1.165) is 0 Å². The second-order valence-electron chi connectivity index (χ2n) is 2.97. The van der Waals surface area contributed by atoms with Gasteiger partial charge in [0, 0.05) is 5.57 Å². The zero-order valence-corrected chi connectivity index (χ0v) is 6.33. The molecule has 0 spiro atoms. The van der Waals surface area contributed by atoms with Crippen LogP contribution in [0.25, 0.3) is 0 Å². The third-order valence-corrected chi connectivity index (χ3v) is 2.20. The fraction of sp³-hybridized carbons (Fsp3) is 0.250. The van der Waals surface area contributed by atoms with Crippen molar-refractivity contribution < 1.29 is 9.59 Å². The zero-order valence-electron chi connectivity index (χ0n) is 6.33. The van der Waals surface area contributed by atoms with Gasteiger partial charge in [0.15, 0.2) is 0 Å². The van der Waals surface area contributed by atoms with Crippen molar-refractivity contribution in [3.8, 4) is 0 Å². The molecule has 1 saturated heterocycles. The molecule has 0 aromatic rings. The highest BCUT2D eigenvalue weighted by molar-refractivity contribution is 6.19. The first-order valence-corrected chi connectivity index (χ1v) is 3.66. The highest BCUT2D eigenvalue weighted by Crippen LogP contribution is 2.27. The molecule has 1 aliphatic carbocycles. The number of imide groups is 1. The van der Waals surface area contributed by atoms with E-state index in [2.05, 4.69) is 5.32 Å². The Kier molecular flexibility index (Phi) is 1.23. The molecule has 2 aliphatic rings. The number of rotatable bonds is 0. The van der Waals surface area contributed by atoms with Crippen LogP contribution < -0.4 is 11.1 Å². The molecule has 0 saturated carbocycles. The molecule has 4 nitrogen and oxygen atoms in total. The molecule has 4 heteroatoms. The molecule has 2 amide bonds. The standard InChI is InChI=1S/C8H8N2O2/c9-8-4-2-1-3-5(8)6(11)10-7(8)12/h1-3H,4,9H2,(H,10,11,12). The molecule has 1 heterocycles. The van der Waals surface area contributed by atoms with Crippen molar-refractivity contribution >= 4 is 11.8 Å². The van der Waals surface area contributed by atoms with Crippen LogP contribution in [0.1, 0.15) is 6.42 Å². The topological polar surface area (TPSA) is 72.2 Å². The minimum Gasteiger partial charge on any atom is -0.313 e. The van der Waals surface area contributed by atoms with Gasteiger partial charge in [-0.15, -0.1) is 0 Å². The lowest BCUT2D eigenvalue weighted by Crippen LogP contribution is -2.48. The highest BCUT2D eigenvalue weighted by Gasteiger charge is 2.47. The van der Waals surface area contributed by atoms with Crippen LogP contribution in [0.4, 0.5) is 0 Å². The summed E-state index contributed by atoms with van der Waals surface area (Å²) in [6, 6.07) is 0. The number of hydrogen-bond acceptors (Lipinski definition) is 3. The van der Waals surface area contributed by atoms with Crippen molar-refractivity contribution in [2.75, 3.05) is 0 Å². The molecule has 1 unspecified atom stereocenters. The number of nitrogens with one attached hydrogen (secondary N) is 1.